The van der Waals surface area contributed by atoms with E-state index < -0.39 is 0 Å². The summed E-state index contributed by atoms with van der Waals surface area (Å²) in [5, 5.41) is 4.00. The molecule has 0 N–H and O–H groups in total. The van der Waals surface area contributed by atoms with E-state index in [0.717, 1.165) is 54.3 Å². The monoisotopic (exact) mass is 367 g/mol. The summed E-state index contributed by atoms with van der Waals surface area (Å²) in [5.74, 6) is 1.02. The van der Waals surface area contributed by atoms with Crippen LogP contribution in [0.5, 0.6) is 0 Å². The Hall–Kier alpha value is -2.67. The molecule has 0 amide bonds. The lowest BCUT2D eigenvalue weighted by Crippen LogP contribution is -2.22. The van der Waals surface area contributed by atoms with Crippen molar-refractivity contribution >= 4 is 0 Å². The first-order valence-corrected chi connectivity index (χ1v) is 9.16. The summed E-state index contributed by atoms with van der Waals surface area (Å²) < 4.78 is 19.1. The van der Waals surface area contributed by atoms with Gasteiger partial charge in [-0.1, -0.05) is 5.16 Å². The van der Waals surface area contributed by atoms with E-state index in [9.17, 15) is 4.39 Å². The first-order chi connectivity index (χ1) is 13.1. The number of aryl methyl sites for hydroxylation is 2. The lowest BCUT2D eigenvalue weighted by molar-refractivity contribution is 0.306. The number of nitrogens with zero attached hydrogens (tertiary/aromatic N) is 5. The second-order valence-electron chi connectivity index (χ2n) is 7.12. The van der Waals surface area contributed by atoms with Gasteiger partial charge in [-0.15, -0.1) is 0 Å². The summed E-state index contributed by atoms with van der Waals surface area (Å²) in [4.78, 5) is 15.2. The standard InChI is InChI=1S/C20H22FN5O/c1-13-20(14(2)27-25-13)18-9-16(23-12-24-18)8-15-5-7-26(10-15)11-19-17(21)4-3-6-22-19/h3-4,6,9,12,15H,5,7-8,10-11H2,1-2H3. The van der Waals surface area contributed by atoms with Crippen LogP contribution in [0.2, 0.25) is 0 Å². The van der Waals surface area contributed by atoms with Crippen LogP contribution in [-0.4, -0.2) is 38.1 Å². The van der Waals surface area contributed by atoms with Gasteiger partial charge in [-0.2, -0.15) is 0 Å². The minimum absolute atomic E-state index is 0.235. The molecule has 1 fully saturated rings. The predicted octanol–water partition coefficient (Wildman–Crippen LogP) is 3.35. The molecule has 1 unspecified atom stereocenters. The third-order valence-electron chi connectivity index (χ3n) is 5.09. The topological polar surface area (TPSA) is 67.9 Å². The molecule has 1 saturated heterocycles. The van der Waals surface area contributed by atoms with E-state index in [1.54, 1.807) is 18.6 Å². The fraction of sp³-hybridized carbons (Fsp3) is 0.400. The molecule has 3 aromatic rings. The molecule has 1 atom stereocenters. The highest BCUT2D eigenvalue weighted by Crippen LogP contribution is 2.27. The Morgan fingerprint density at radius 3 is 2.93 bits per heavy atom. The molecule has 0 spiro atoms. The van der Waals surface area contributed by atoms with Crippen molar-refractivity contribution in [2.24, 2.45) is 5.92 Å². The summed E-state index contributed by atoms with van der Waals surface area (Å²) in [7, 11) is 0. The molecular weight excluding hydrogens is 345 g/mol. The summed E-state index contributed by atoms with van der Waals surface area (Å²) in [6.07, 6.45) is 5.19. The molecule has 0 saturated carbocycles. The Morgan fingerprint density at radius 1 is 1.26 bits per heavy atom. The highest BCUT2D eigenvalue weighted by molar-refractivity contribution is 5.63. The van der Waals surface area contributed by atoms with E-state index in [2.05, 4.69) is 25.0 Å². The lowest BCUT2D eigenvalue weighted by atomic mass is 10.0. The maximum Gasteiger partial charge on any atom is 0.146 e. The van der Waals surface area contributed by atoms with Crippen molar-refractivity contribution in [3.05, 3.63) is 59.4 Å². The molecule has 27 heavy (non-hydrogen) atoms. The molecule has 4 rings (SSSR count). The van der Waals surface area contributed by atoms with E-state index in [4.69, 9.17) is 4.52 Å². The van der Waals surface area contributed by atoms with Crippen LogP contribution >= 0.6 is 0 Å². The fourth-order valence-electron chi connectivity index (χ4n) is 3.76. The van der Waals surface area contributed by atoms with Gasteiger partial charge in [-0.3, -0.25) is 9.88 Å². The number of hydrogen-bond acceptors (Lipinski definition) is 6. The lowest BCUT2D eigenvalue weighted by Gasteiger charge is -2.15. The number of rotatable bonds is 5. The van der Waals surface area contributed by atoms with Gasteiger partial charge in [0.2, 0.25) is 0 Å². The molecule has 0 aromatic carbocycles. The summed E-state index contributed by atoms with van der Waals surface area (Å²) in [5.41, 5.74) is 4.15. The minimum Gasteiger partial charge on any atom is -0.361 e. The molecular formula is C20H22FN5O. The second-order valence-corrected chi connectivity index (χ2v) is 7.12. The van der Waals surface area contributed by atoms with E-state index >= 15 is 0 Å². The van der Waals surface area contributed by atoms with Crippen molar-refractivity contribution in [1.29, 1.82) is 0 Å². The number of hydrogen-bond donors (Lipinski definition) is 0. The number of halogens is 1. The summed E-state index contributed by atoms with van der Waals surface area (Å²) >= 11 is 0. The van der Waals surface area contributed by atoms with Crippen molar-refractivity contribution in [3.8, 4) is 11.3 Å². The SMILES string of the molecule is Cc1noc(C)c1-c1cc(CC2CCN(Cc3ncccc3F)C2)ncn1. The first-order valence-electron chi connectivity index (χ1n) is 9.16. The molecule has 6 nitrogen and oxygen atoms in total. The molecule has 0 bridgehead atoms. The van der Waals surface area contributed by atoms with Crippen LogP contribution in [0, 0.1) is 25.6 Å². The van der Waals surface area contributed by atoms with Crippen LogP contribution in [0.3, 0.4) is 0 Å². The van der Waals surface area contributed by atoms with Gasteiger partial charge in [0, 0.05) is 25.0 Å². The molecule has 1 aliphatic heterocycles. The zero-order valence-electron chi connectivity index (χ0n) is 15.5. The quantitative estimate of drug-likeness (QED) is 0.689. The van der Waals surface area contributed by atoms with Gasteiger partial charge in [0.1, 0.15) is 17.9 Å². The molecule has 4 heterocycles. The van der Waals surface area contributed by atoms with Gasteiger partial charge in [-0.25, -0.2) is 14.4 Å². The van der Waals surface area contributed by atoms with Crippen molar-refractivity contribution < 1.29 is 8.91 Å². The Balaban J connectivity index is 1.42. The zero-order valence-corrected chi connectivity index (χ0v) is 15.5. The predicted molar refractivity (Wildman–Crippen MR) is 98.3 cm³/mol. The van der Waals surface area contributed by atoms with Crippen molar-refractivity contribution in [2.75, 3.05) is 13.1 Å². The van der Waals surface area contributed by atoms with Gasteiger partial charge in [0.25, 0.3) is 0 Å². The van der Waals surface area contributed by atoms with Gasteiger partial charge in [0.05, 0.1) is 22.6 Å². The van der Waals surface area contributed by atoms with Crippen LogP contribution in [0.25, 0.3) is 11.3 Å². The van der Waals surface area contributed by atoms with E-state index in [1.807, 2.05) is 19.9 Å². The maximum atomic E-state index is 13.8. The molecule has 1 aliphatic rings. The average Bonchev–Trinajstić information content (AvgIpc) is 3.23. The number of pyridine rings is 1. The van der Waals surface area contributed by atoms with E-state index in [-0.39, 0.29) is 5.82 Å². The smallest absolute Gasteiger partial charge is 0.146 e. The van der Waals surface area contributed by atoms with Crippen LogP contribution in [0.1, 0.15) is 29.3 Å². The third kappa shape index (κ3) is 3.88. The molecule has 0 radical (unpaired) electrons. The molecule has 3 aromatic heterocycles. The van der Waals surface area contributed by atoms with Gasteiger partial charge < -0.3 is 4.52 Å². The highest BCUT2D eigenvalue weighted by Gasteiger charge is 2.24. The van der Waals surface area contributed by atoms with Crippen molar-refractivity contribution in [2.45, 2.75) is 33.2 Å². The van der Waals surface area contributed by atoms with Gasteiger partial charge in [0.15, 0.2) is 0 Å². The summed E-state index contributed by atoms with van der Waals surface area (Å²) in [6, 6.07) is 5.11. The van der Waals surface area contributed by atoms with Gasteiger partial charge >= 0.3 is 0 Å². The largest absolute Gasteiger partial charge is 0.361 e. The maximum absolute atomic E-state index is 13.8. The van der Waals surface area contributed by atoms with Crippen LogP contribution in [0.15, 0.2) is 35.2 Å². The molecule has 140 valence electrons. The van der Waals surface area contributed by atoms with Crippen LogP contribution in [0.4, 0.5) is 4.39 Å². The van der Waals surface area contributed by atoms with E-state index in [1.165, 1.54) is 6.07 Å². The number of aromatic nitrogens is 4. The third-order valence-corrected chi connectivity index (χ3v) is 5.09. The Kier molecular flexibility index (Phi) is 4.94. The summed E-state index contributed by atoms with van der Waals surface area (Å²) in [6.45, 7) is 6.22. The molecule has 0 aliphatic carbocycles. The van der Waals surface area contributed by atoms with Crippen LogP contribution < -0.4 is 0 Å². The highest BCUT2D eigenvalue weighted by atomic mass is 19.1. The first kappa shape index (κ1) is 17.7. The molecule has 7 heteroatoms. The van der Waals surface area contributed by atoms with Gasteiger partial charge in [-0.05, 0) is 57.4 Å². The zero-order chi connectivity index (χ0) is 18.8. The number of likely N-dealkylation sites (tertiary alicyclic amines) is 1. The van der Waals surface area contributed by atoms with E-state index in [0.29, 0.717) is 18.2 Å². The van der Waals surface area contributed by atoms with Crippen molar-refractivity contribution in [3.63, 3.8) is 0 Å². The van der Waals surface area contributed by atoms with Crippen LogP contribution in [-0.2, 0) is 13.0 Å². The fourth-order valence-corrected chi connectivity index (χ4v) is 3.76. The normalized spacial score (nSPS) is 17.5. The second kappa shape index (κ2) is 7.52. The Morgan fingerprint density at radius 2 is 2.15 bits per heavy atom. The Bertz CT molecular complexity index is 922. The Labute approximate surface area is 157 Å². The van der Waals surface area contributed by atoms with Crippen molar-refractivity contribution in [1.82, 2.24) is 25.0 Å². The minimum atomic E-state index is -0.235. The average molecular weight is 367 g/mol.